The molecule has 0 aliphatic heterocycles. The van der Waals surface area contributed by atoms with E-state index in [0.717, 1.165) is 11.3 Å². The second-order valence-electron chi connectivity index (χ2n) is 6.99. The lowest BCUT2D eigenvalue weighted by molar-refractivity contribution is -0.121. The molecular formula is C22H25N5O4S. The Labute approximate surface area is 190 Å². The summed E-state index contributed by atoms with van der Waals surface area (Å²) in [5.41, 5.74) is 1.25. The number of phenolic OH excluding ortho intramolecular Hbond substituents is 1. The minimum atomic E-state index is -0.271. The van der Waals surface area contributed by atoms with E-state index >= 15 is 0 Å². The number of nitrogens with zero attached hydrogens (tertiary/aromatic N) is 2. The monoisotopic (exact) mass is 455 g/mol. The molecule has 0 saturated heterocycles. The highest BCUT2D eigenvalue weighted by Crippen LogP contribution is 2.21. The van der Waals surface area contributed by atoms with Gasteiger partial charge in [0.15, 0.2) is 10.6 Å². The van der Waals surface area contributed by atoms with Gasteiger partial charge in [-0.3, -0.25) is 19.3 Å². The van der Waals surface area contributed by atoms with Crippen molar-refractivity contribution in [3.63, 3.8) is 0 Å². The van der Waals surface area contributed by atoms with Crippen molar-refractivity contribution < 1.29 is 19.4 Å². The summed E-state index contributed by atoms with van der Waals surface area (Å²) >= 11 is 5.30. The number of aromatic nitrogens is 3. The Kier molecular flexibility index (Phi) is 7.98. The molecule has 0 bridgehead atoms. The minimum Gasteiger partial charge on any atom is -0.508 e. The smallest absolute Gasteiger partial charge is 0.251 e. The van der Waals surface area contributed by atoms with Crippen LogP contribution in [-0.2, 0) is 11.3 Å². The first kappa shape index (κ1) is 23.0. The van der Waals surface area contributed by atoms with Gasteiger partial charge in [0.05, 0.1) is 7.11 Å². The third-order valence-electron chi connectivity index (χ3n) is 4.74. The minimum absolute atomic E-state index is 0.0396. The third-order valence-corrected chi connectivity index (χ3v) is 5.05. The summed E-state index contributed by atoms with van der Waals surface area (Å²) in [4.78, 5) is 24.2. The van der Waals surface area contributed by atoms with Crippen molar-refractivity contribution >= 4 is 24.0 Å². The van der Waals surface area contributed by atoms with Gasteiger partial charge in [-0.2, -0.15) is 5.10 Å². The van der Waals surface area contributed by atoms with Crippen molar-refractivity contribution in [3.05, 3.63) is 58.9 Å². The Morgan fingerprint density at radius 1 is 1.16 bits per heavy atom. The van der Waals surface area contributed by atoms with Gasteiger partial charge < -0.3 is 20.5 Å². The van der Waals surface area contributed by atoms with E-state index in [-0.39, 0.29) is 24.0 Å². The molecule has 0 unspecified atom stereocenters. The molecule has 0 atom stereocenters. The number of amides is 2. The summed E-state index contributed by atoms with van der Waals surface area (Å²) in [5, 5.41) is 22.1. The van der Waals surface area contributed by atoms with Crippen LogP contribution in [0.2, 0.25) is 0 Å². The fourth-order valence-corrected chi connectivity index (χ4v) is 3.28. The van der Waals surface area contributed by atoms with Crippen LogP contribution in [0.5, 0.6) is 11.5 Å². The molecule has 0 aliphatic rings. The molecule has 0 saturated carbocycles. The molecule has 9 nitrogen and oxygen atoms in total. The summed E-state index contributed by atoms with van der Waals surface area (Å²) in [6.07, 6.45) is 0.825. The van der Waals surface area contributed by atoms with Gasteiger partial charge in [0, 0.05) is 37.2 Å². The van der Waals surface area contributed by atoms with Crippen molar-refractivity contribution in [1.29, 1.82) is 0 Å². The van der Waals surface area contributed by atoms with Crippen molar-refractivity contribution in [3.8, 4) is 22.9 Å². The number of ether oxygens (including phenoxy) is 1. The fourth-order valence-electron chi connectivity index (χ4n) is 3.05. The van der Waals surface area contributed by atoms with Gasteiger partial charge in [-0.25, -0.2) is 0 Å². The number of rotatable bonds is 10. The molecule has 10 heteroatoms. The number of nitrogens with one attached hydrogen (secondary N) is 3. The van der Waals surface area contributed by atoms with Gasteiger partial charge in [0.25, 0.3) is 5.91 Å². The maximum Gasteiger partial charge on any atom is 0.251 e. The van der Waals surface area contributed by atoms with E-state index < -0.39 is 0 Å². The lowest BCUT2D eigenvalue weighted by Gasteiger charge is -2.09. The van der Waals surface area contributed by atoms with Crippen molar-refractivity contribution in [1.82, 2.24) is 25.4 Å². The average Bonchev–Trinajstić information content (AvgIpc) is 3.17. The normalized spacial score (nSPS) is 10.5. The van der Waals surface area contributed by atoms with Gasteiger partial charge >= 0.3 is 0 Å². The molecule has 0 fully saturated rings. The number of carbonyl (C=O) groups is 2. The average molecular weight is 456 g/mol. The zero-order chi connectivity index (χ0) is 22.9. The van der Waals surface area contributed by atoms with E-state index in [1.807, 2.05) is 24.3 Å². The van der Waals surface area contributed by atoms with E-state index in [4.69, 9.17) is 17.0 Å². The topological polar surface area (TPSA) is 121 Å². The molecule has 2 aromatic carbocycles. The van der Waals surface area contributed by atoms with Gasteiger partial charge in [0.2, 0.25) is 5.91 Å². The van der Waals surface area contributed by atoms with Crippen LogP contribution in [-0.4, -0.2) is 51.9 Å². The molecule has 2 amide bonds. The Balaban J connectivity index is 1.42. The number of benzene rings is 2. The number of carbonyl (C=O) groups excluding carboxylic acids is 2. The first-order chi connectivity index (χ1) is 15.5. The van der Waals surface area contributed by atoms with Gasteiger partial charge in [0.1, 0.15) is 11.5 Å². The van der Waals surface area contributed by atoms with Crippen LogP contribution in [0.4, 0.5) is 0 Å². The summed E-state index contributed by atoms with van der Waals surface area (Å²) in [7, 11) is 1.60. The molecule has 1 aromatic heterocycles. The number of methoxy groups -OCH3 is 1. The quantitative estimate of drug-likeness (QED) is 0.275. The number of hydrogen-bond donors (Lipinski definition) is 4. The number of aromatic amines is 1. The number of hydrogen-bond acceptors (Lipinski definition) is 6. The fraction of sp³-hybridized carbons (Fsp3) is 0.273. The molecular weight excluding hydrogens is 430 g/mol. The maximum atomic E-state index is 12.2. The highest BCUT2D eigenvalue weighted by atomic mass is 32.1. The van der Waals surface area contributed by atoms with Crippen LogP contribution in [0.1, 0.15) is 23.2 Å². The van der Waals surface area contributed by atoms with Crippen LogP contribution in [0, 0.1) is 4.77 Å². The molecule has 0 aliphatic carbocycles. The summed E-state index contributed by atoms with van der Waals surface area (Å²) in [6.45, 7) is 1.22. The third kappa shape index (κ3) is 6.17. The number of aromatic hydroxyl groups is 1. The van der Waals surface area contributed by atoms with Crippen molar-refractivity contribution in [2.45, 2.75) is 19.4 Å². The van der Waals surface area contributed by atoms with Gasteiger partial charge in [-0.15, -0.1) is 0 Å². The highest BCUT2D eigenvalue weighted by Gasteiger charge is 2.11. The molecule has 168 valence electrons. The second kappa shape index (κ2) is 11.1. The molecule has 3 rings (SSSR count). The maximum absolute atomic E-state index is 12.2. The number of phenols is 1. The van der Waals surface area contributed by atoms with E-state index in [0.29, 0.717) is 42.2 Å². The lowest BCUT2D eigenvalue weighted by atomic mass is 10.2. The molecule has 32 heavy (non-hydrogen) atoms. The number of H-pyrrole nitrogens is 1. The van der Waals surface area contributed by atoms with Crippen LogP contribution in [0.3, 0.4) is 0 Å². The lowest BCUT2D eigenvalue weighted by Crippen LogP contribution is -2.30. The largest absolute Gasteiger partial charge is 0.508 e. The summed E-state index contributed by atoms with van der Waals surface area (Å²) in [6, 6.07) is 13.6. The molecule has 3 aromatic rings. The Morgan fingerprint density at radius 3 is 2.62 bits per heavy atom. The first-order valence-electron chi connectivity index (χ1n) is 10.1. The van der Waals surface area contributed by atoms with Crippen LogP contribution < -0.4 is 15.4 Å². The zero-order valence-corrected chi connectivity index (χ0v) is 18.4. The molecule has 0 spiro atoms. The second-order valence-corrected chi connectivity index (χ2v) is 7.38. The van der Waals surface area contributed by atoms with Crippen LogP contribution in [0.15, 0.2) is 48.5 Å². The predicted octanol–water partition coefficient (Wildman–Crippen LogP) is 2.65. The van der Waals surface area contributed by atoms with E-state index in [1.54, 1.807) is 23.8 Å². The van der Waals surface area contributed by atoms with Crippen LogP contribution >= 0.6 is 12.2 Å². The molecule has 0 radical (unpaired) electrons. The van der Waals surface area contributed by atoms with Crippen molar-refractivity contribution in [2.24, 2.45) is 0 Å². The zero-order valence-electron chi connectivity index (χ0n) is 17.6. The van der Waals surface area contributed by atoms with E-state index in [9.17, 15) is 14.7 Å². The Morgan fingerprint density at radius 2 is 1.91 bits per heavy atom. The summed E-state index contributed by atoms with van der Waals surface area (Å²) in [5.74, 6) is 1.05. The van der Waals surface area contributed by atoms with Crippen molar-refractivity contribution in [2.75, 3.05) is 20.2 Å². The first-order valence-corrected chi connectivity index (χ1v) is 10.5. The Hall–Kier alpha value is -3.66. The van der Waals surface area contributed by atoms with Crippen LogP contribution in [0.25, 0.3) is 11.4 Å². The van der Waals surface area contributed by atoms with E-state index in [2.05, 4.69) is 20.8 Å². The molecule has 1 heterocycles. The highest BCUT2D eigenvalue weighted by molar-refractivity contribution is 7.71. The predicted molar refractivity (Wildman–Crippen MR) is 122 cm³/mol. The summed E-state index contributed by atoms with van der Waals surface area (Å²) < 4.78 is 7.40. The molecule has 4 N–H and O–H groups in total. The standard InChI is InChI=1S/C22H25N5O4S/c1-31-18-8-6-15(7-9-18)20-25-26-22(32)27(20)13-10-19(29)23-11-3-12-24-21(30)16-4-2-5-17(28)14-16/h2,4-9,14,28H,3,10-13H2,1H3,(H,23,29)(H,24,30)(H,26,32). The van der Waals surface area contributed by atoms with Gasteiger partial charge in [-0.05, 0) is 61.1 Å². The van der Waals surface area contributed by atoms with Gasteiger partial charge in [-0.1, -0.05) is 6.07 Å². The van der Waals surface area contributed by atoms with E-state index in [1.165, 1.54) is 12.1 Å². The Bertz CT molecular complexity index is 1120. The SMILES string of the molecule is COc1ccc(-c2n[nH]c(=S)n2CCC(=O)NCCCNC(=O)c2cccc(O)c2)cc1.